The van der Waals surface area contributed by atoms with Crippen molar-refractivity contribution < 1.29 is 4.42 Å². The second-order valence-corrected chi connectivity index (χ2v) is 12.0. The normalized spacial score (nSPS) is 11.7. The van der Waals surface area contributed by atoms with Crippen LogP contribution < -0.4 is 4.90 Å². The van der Waals surface area contributed by atoms with E-state index in [2.05, 4.69) is 150 Å². The van der Waals surface area contributed by atoms with Crippen molar-refractivity contribution >= 4 is 81.3 Å². The number of para-hydroxylation sites is 2. The zero-order valence-corrected chi connectivity index (χ0v) is 24.0. The topological polar surface area (TPSA) is 16.4 Å². The van der Waals surface area contributed by atoms with Crippen LogP contribution in [0, 0.1) is 0 Å². The van der Waals surface area contributed by atoms with Crippen LogP contribution in [0.25, 0.3) is 64.0 Å². The molecule has 2 aromatic heterocycles. The highest BCUT2D eigenvalue weighted by Crippen LogP contribution is 2.46. The maximum absolute atomic E-state index is 6.36. The number of rotatable bonds is 4. The fourth-order valence-corrected chi connectivity index (χ4v) is 7.75. The van der Waals surface area contributed by atoms with E-state index in [1.54, 1.807) is 0 Å². The minimum atomic E-state index is 0.914. The largest absolute Gasteiger partial charge is 0.456 e. The fraction of sp³-hybridized carbons (Fsp3) is 0. The molecule has 0 amide bonds. The third-order valence-corrected chi connectivity index (χ3v) is 9.65. The Morgan fingerprint density at radius 1 is 0.488 bits per heavy atom. The first-order chi connectivity index (χ1) is 21.3. The molecule has 0 radical (unpaired) electrons. The smallest absolute Gasteiger partial charge is 0.136 e. The van der Waals surface area contributed by atoms with Crippen LogP contribution in [-0.2, 0) is 0 Å². The summed E-state index contributed by atoms with van der Waals surface area (Å²) in [6.45, 7) is 0. The zero-order chi connectivity index (χ0) is 28.3. The van der Waals surface area contributed by atoms with Crippen molar-refractivity contribution in [1.29, 1.82) is 0 Å². The van der Waals surface area contributed by atoms with E-state index in [0.717, 1.165) is 33.3 Å². The highest BCUT2D eigenvalue weighted by Gasteiger charge is 2.20. The quantitative estimate of drug-likeness (QED) is 0.210. The van der Waals surface area contributed by atoms with Crippen molar-refractivity contribution in [3.8, 4) is 11.1 Å². The fourth-order valence-electron chi connectivity index (χ4n) is 6.54. The number of anilines is 3. The van der Waals surface area contributed by atoms with Gasteiger partial charge in [0.1, 0.15) is 11.2 Å². The molecule has 0 saturated heterocycles. The molecule has 0 spiro atoms. The van der Waals surface area contributed by atoms with Gasteiger partial charge in [0, 0.05) is 43.2 Å². The van der Waals surface area contributed by atoms with Gasteiger partial charge in [-0.2, -0.15) is 0 Å². The second kappa shape index (κ2) is 9.59. The highest BCUT2D eigenvalue weighted by molar-refractivity contribution is 7.26. The Morgan fingerprint density at radius 2 is 1.16 bits per heavy atom. The van der Waals surface area contributed by atoms with Crippen molar-refractivity contribution in [2.24, 2.45) is 0 Å². The lowest BCUT2D eigenvalue weighted by atomic mass is 9.93. The number of furan rings is 1. The van der Waals surface area contributed by atoms with Crippen molar-refractivity contribution in [2.45, 2.75) is 0 Å². The lowest BCUT2D eigenvalue weighted by Crippen LogP contribution is -2.09. The number of hydrogen-bond donors (Lipinski definition) is 0. The highest BCUT2D eigenvalue weighted by atomic mass is 32.1. The first kappa shape index (κ1) is 24.2. The Hall–Kier alpha value is -5.38. The molecule has 0 aliphatic carbocycles. The molecular weight excluding hydrogens is 543 g/mol. The molecule has 0 bridgehead atoms. The summed E-state index contributed by atoms with van der Waals surface area (Å²) in [5.74, 6) is 0. The van der Waals surface area contributed by atoms with Gasteiger partial charge in [0.25, 0.3) is 0 Å². The van der Waals surface area contributed by atoms with Gasteiger partial charge in [0.05, 0.1) is 10.4 Å². The maximum Gasteiger partial charge on any atom is 0.136 e. The first-order valence-corrected chi connectivity index (χ1v) is 15.3. The van der Waals surface area contributed by atoms with Crippen LogP contribution in [0.3, 0.4) is 0 Å². The maximum atomic E-state index is 6.36. The monoisotopic (exact) mass is 567 g/mol. The molecule has 0 fully saturated rings. The van der Waals surface area contributed by atoms with E-state index >= 15 is 0 Å². The van der Waals surface area contributed by atoms with Gasteiger partial charge in [-0.1, -0.05) is 103 Å². The summed E-state index contributed by atoms with van der Waals surface area (Å²) in [6, 6.07) is 54.2. The van der Waals surface area contributed by atoms with Crippen LogP contribution in [0.2, 0.25) is 0 Å². The molecule has 2 heterocycles. The third-order valence-electron chi connectivity index (χ3n) is 8.44. The summed E-state index contributed by atoms with van der Waals surface area (Å²) >= 11 is 1.86. The molecule has 3 heteroatoms. The Balaban J connectivity index is 1.27. The lowest BCUT2D eigenvalue weighted by Gasteiger charge is -2.26. The molecule has 9 aromatic rings. The van der Waals surface area contributed by atoms with E-state index in [9.17, 15) is 0 Å². The Bertz CT molecular complexity index is 2450. The molecule has 43 heavy (non-hydrogen) atoms. The molecular formula is C40H25NOS. The number of nitrogens with zero attached hydrogens (tertiary/aromatic N) is 1. The van der Waals surface area contributed by atoms with Gasteiger partial charge in [-0.05, 0) is 64.9 Å². The van der Waals surface area contributed by atoms with Crippen LogP contribution in [-0.4, -0.2) is 0 Å². The molecule has 0 N–H and O–H groups in total. The molecule has 9 rings (SSSR count). The standard InChI is InChI=1S/C40H25NOS/c1-2-12-28(13-3-1)41(34-18-10-17-32-31-15-7-9-20-37(31)43-40(32)34)29-23-21-26(22-24-29)38-30-14-5-4-11-27(30)25-36-39(38)33-16-6-8-19-35(33)42-36/h1-25H. The van der Waals surface area contributed by atoms with E-state index < -0.39 is 0 Å². The predicted octanol–water partition coefficient (Wildman–Crippen LogP) is 12.2. The van der Waals surface area contributed by atoms with Gasteiger partial charge in [-0.3, -0.25) is 0 Å². The molecule has 0 aliphatic rings. The van der Waals surface area contributed by atoms with Crippen molar-refractivity contribution in [2.75, 3.05) is 4.90 Å². The molecule has 7 aromatic carbocycles. The van der Waals surface area contributed by atoms with Gasteiger partial charge in [-0.15, -0.1) is 11.3 Å². The number of fused-ring (bicyclic) bond motifs is 7. The van der Waals surface area contributed by atoms with Crippen LogP contribution in [0.1, 0.15) is 0 Å². The Labute approximate surface area is 252 Å². The molecule has 0 unspecified atom stereocenters. The number of benzene rings is 7. The van der Waals surface area contributed by atoms with E-state index in [0.29, 0.717) is 0 Å². The van der Waals surface area contributed by atoms with E-state index in [4.69, 9.17) is 4.42 Å². The average molecular weight is 568 g/mol. The summed E-state index contributed by atoms with van der Waals surface area (Å²) in [6.07, 6.45) is 0. The number of hydrogen-bond acceptors (Lipinski definition) is 3. The van der Waals surface area contributed by atoms with Gasteiger partial charge in [0.15, 0.2) is 0 Å². The summed E-state index contributed by atoms with van der Waals surface area (Å²) in [7, 11) is 0. The molecule has 2 nitrogen and oxygen atoms in total. The van der Waals surface area contributed by atoms with E-state index in [1.165, 1.54) is 47.8 Å². The molecule has 0 aliphatic heterocycles. The minimum absolute atomic E-state index is 0.914. The summed E-state index contributed by atoms with van der Waals surface area (Å²) in [5.41, 5.74) is 7.65. The first-order valence-electron chi connectivity index (χ1n) is 14.5. The van der Waals surface area contributed by atoms with Gasteiger partial charge in [0.2, 0.25) is 0 Å². The van der Waals surface area contributed by atoms with Gasteiger partial charge in [-0.25, -0.2) is 0 Å². The van der Waals surface area contributed by atoms with Gasteiger partial charge < -0.3 is 9.32 Å². The molecule has 0 atom stereocenters. The zero-order valence-electron chi connectivity index (χ0n) is 23.2. The lowest BCUT2D eigenvalue weighted by molar-refractivity contribution is 0.669. The SMILES string of the molecule is c1ccc(N(c2ccc(-c3c4ccccc4cc4oc5ccccc5c34)cc2)c2cccc3c2sc2ccccc23)cc1. The molecule has 0 saturated carbocycles. The summed E-state index contributed by atoms with van der Waals surface area (Å²) in [5, 5.41) is 7.31. The summed E-state index contributed by atoms with van der Waals surface area (Å²) < 4.78 is 8.95. The van der Waals surface area contributed by atoms with Crippen molar-refractivity contribution in [3.63, 3.8) is 0 Å². The van der Waals surface area contributed by atoms with Crippen LogP contribution in [0.4, 0.5) is 17.1 Å². The summed E-state index contributed by atoms with van der Waals surface area (Å²) in [4.78, 5) is 2.38. The predicted molar refractivity (Wildman–Crippen MR) is 184 cm³/mol. The van der Waals surface area contributed by atoms with Crippen LogP contribution in [0.5, 0.6) is 0 Å². The Morgan fingerprint density at radius 3 is 2.02 bits per heavy atom. The van der Waals surface area contributed by atoms with Crippen LogP contribution in [0.15, 0.2) is 156 Å². The second-order valence-electron chi connectivity index (χ2n) is 10.9. The van der Waals surface area contributed by atoms with Crippen molar-refractivity contribution in [1.82, 2.24) is 0 Å². The average Bonchev–Trinajstić information content (AvgIpc) is 3.63. The minimum Gasteiger partial charge on any atom is -0.456 e. The third kappa shape index (κ3) is 3.79. The van der Waals surface area contributed by atoms with E-state index in [1.807, 2.05) is 17.4 Å². The van der Waals surface area contributed by atoms with Gasteiger partial charge >= 0.3 is 0 Å². The van der Waals surface area contributed by atoms with Crippen LogP contribution >= 0.6 is 11.3 Å². The van der Waals surface area contributed by atoms with Crippen molar-refractivity contribution in [3.05, 3.63) is 152 Å². The van der Waals surface area contributed by atoms with E-state index in [-0.39, 0.29) is 0 Å². The number of thiophene rings is 1. The molecule has 202 valence electrons. The Kier molecular flexibility index (Phi) is 5.40.